The van der Waals surface area contributed by atoms with E-state index in [1.807, 2.05) is 24.3 Å². The highest BCUT2D eigenvalue weighted by Crippen LogP contribution is 2.35. The van der Waals surface area contributed by atoms with Gasteiger partial charge in [-0.15, -0.1) is 0 Å². The van der Waals surface area contributed by atoms with Gasteiger partial charge in [-0.25, -0.2) is 0 Å². The Labute approximate surface area is 270 Å². The van der Waals surface area contributed by atoms with Crippen LogP contribution in [-0.4, -0.2) is 12.5 Å². The molecule has 1 amide bonds. The van der Waals surface area contributed by atoms with Gasteiger partial charge in [0.15, 0.2) is 12.2 Å². The molecule has 232 valence electrons. The van der Waals surface area contributed by atoms with E-state index < -0.39 is 0 Å². The van der Waals surface area contributed by atoms with Gasteiger partial charge >= 0.3 is 0 Å². The van der Waals surface area contributed by atoms with Gasteiger partial charge in [-0.05, 0) is 30.0 Å². The fraction of sp³-hybridized carbons (Fsp3) is 0.556. The fourth-order valence-electron chi connectivity index (χ4n) is 5.24. The number of thiazole rings is 1. The van der Waals surface area contributed by atoms with Gasteiger partial charge in [-0.1, -0.05) is 134 Å². The molecule has 4 nitrogen and oxygen atoms in total. The van der Waals surface area contributed by atoms with Gasteiger partial charge in [-0.3, -0.25) is 4.79 Å². The lowest BCUT2D eigenvalue weighted by Gasteiger charge is -2.24. The van der Waals surface area contributed by atoms with Crippen LogP contribution < -0.4 is 31.6 Å². The van der Waals surface area contributed by atoms with E-state index in [0.717, 1.165) is 35.5 Å². The lowest BCUT2D eigenvalue weighted by atomic mass is 9.85. The predicted molar refractivity (Wildman–Crippen MR) is 174 cm³/mol. The van der Waals surface area contributed by atoms with Crippen molar-refractivity contribution >= 4 is 22.9 Å². The fourth-order valence-corrected chi connectivity index (χ4v) is 6.02. The predicted octanol–water partition coefficient (Wildman–Crippen LogP) is 7.03. The second kappa shape index (κ2) is 19.2. The summed E-state index contributed by atoms with van der Waals surface area (Å²) in [6, 6.07) is 14.1. The second-order valence-electron chi connectivity index (χ2n) is 12.5. The molecular weight excluding hydrogens is 604 g/mol. The monoisotopic (exact) mass is 656 g/mol. The third-order valence-corrected chi connectivity index (χ3v) is 8.58. The number of nitrogens with one attached hydrogen (secondary N) is 1. The van der Waals surface area contributed by atoms with E-state index in [4.69, 9.17) is 4.74 Å². The van der Waals surface area contributed by atoms with Crippen LogP contribution >= 0.6 is 11.3 Å². The molecule has 3 rings (SSSR count). The Hall–Kier alpha value is -2.18. The molecule has 1 N–H and O–H groups in total. The van der Waals surface area contributed by atoms with Crippen LogP contribution in [0.2, 0.25) is 0 Å². The number of para-hydroxylation sites is 1. The van der Waals surface area contributed by atoms with Crippen LogP contribution in [0, 0.1) is 6.92 Å². The number of anilines is 1. The van der Waals surface area contributed by atoms with Crippen LogP contribution in [-0.2, 0) is 12.0 Å². The van der Waals surface area contributed by atoms with Crippen molar-refractivity contribution in [1.29, 1.82) is 0 Å². The van der Waals surface area contributed by atoms with Gasteiger partial charge < -0.3 is 27.0 Å². The summed E-state index contributed by atoms with van der Waals surface area (Å²) in [7, 11) is 0. The van der Waals surface area contributed by atoms with Crippen LogP contribution in [0.5, 0.6) is 5.75 Å². The molecule has 0 spiro atoms. The van der Waals surface area contributed by atoms with Crippen LogP contribution in [0.1, 0.15) is 132 Å². The number of carbonyl (C=O) groups is 1. The van der Waals surface area contributed by atoms with Crippen LogP contribution in [0.4, 0.5) is 5.69 Å². The molecule has 1 heterocycles. The topological polar surface area (TPSA) is 42.2 Å². The van der Waals surface area contributed by atoms with Gasteiger partial charge in [0.1, 0.15) is 5.75 Å². The Morgan fingerprint density at radius 3 is 2.10 bits per heavy atom. The SMILES string of the molecule is CCCCCCCCCCCCCCOc1c(C(=O)Nc2cccc(C[n+]3cscc3C)c2)cccc1C(C)(C)C.[Br-]. The van der Waals surface area contributed by atoms with Gasteiger partial charge in [0, 0.05) is 23.7 Å². The number of ether oxygens (including phenoxy) is 1. The van der Waals surface area contributed by atoms with E-state index in [1.165, 1.54) is 76.3 Å². The van der Waals surface area contributed by atoms with Crippen molar-refractivity contribution in [2.45, 2.75) is 124 Å². The summed E-state index contributed by atoms with van der Waals surface area (Å²) < 4.78 is 8.61. The van der Waals surface area contributed by atoms with Crippen molar-refractivity contribution in [3.8, 4) is 5.75 Å². The molecule has 1 aromatic heterocycles. The highest BCUT2D eigenvalue weighted by molar-refractivity contribution is 7.07. The van der Waals surface area contributed by atoms with Crippen LogP contribution in [0.25, 0.3) is 0 Å². The maximum atomic E-state index is 13.5. The lowest BCUT2D eigenvalue weighted by molar-refractivity contribution is -0.689. The van der Waals surface area contributed by atoms with Crippen molar-refractivity contribution in [3.63, 3.8) is 0 Å². The first-order valence-electron chi connectivity index (χ1n) is 15.9. The van der Waals surface area contributed by atoms with Gasteiger partial charge in [0.25, 0.3) is 5.91 Å². The number of benzene rings is 2. The standard InChI is InChI=1S/C36H52N2O2S.BrH/c1-6-7-8-9-10-11-12-13-14-15-16-17-24-40-34-32(22-19-23-33(34)36(3,4)5)35(39)37-31-21-18-20-30(25-31)26-38-28-41-27-29(38)2;/h18-23,25,27-28H,6-17,24,26H2,1-5H3;1H. The number of unbranched alkanes of at least 4 members (excludes halogenated alkanes) is 11. The van der Waals surface area contributed by atoms with E-state index in [2.05, 4.69) is 73.6 Å². The zero-order chi connectivity index (χ0) is 29.5. The Morgan fingerprint density at radius 1 is 0.881 bits per heavy atom. The molecule has 0 atom stereocenters. The van der Waals surface area contributed by atoms with Crippen LogP contribution in [0.3, 0.4) is 0 Å². The summed E-state index contributed by atoms with van der Waals surface area (Å²) in [5.41, 5.74) is 6.86. The normalized spacial score (nSPS) is 11.3. The maximum absolute atomic E-state index is 13.5. The number of aryl methyl sites for hydroxylation is 1. The number of nitrogens with zero attached hydrogens (tertiary/aromatic N) is 1. The molecule has 0 radical (unpaired) electrons. The summed E-state index contributed by atoms with van der Waals surface area (Å²) in [5.74, 6) is 0.596. The quantitative estimate of drug-likeness (QED) is 0.118. The Kier molecular flexibility index (Phi) is 16.4. The molecule has 6 heteroatoms. The summed E-state index contributed by atoms with van der Waals surface area (Å²) >= 11 is 1.70. The van der Waals surface area contributed by atoms with Gasteiger partial charge in [-0.2, -0.15) is 4.57 Å². The summed E-state index contributed by atoms with van der Waals surface area (Å²) in [6.07, 6.45) is 15.8. The molecular formula is C36H53BrN2O2S. The number of rotatable bonds is 18. The van der Waals surface area contributed by atoms with Crippen molar-refractivity contribution in [2.24, 2.45) is 0 Å². The molecule has 3 aromatic rings. The zero-order valence-electron chi connectivity index (χ0n) is 26.6. The van der Waals surface area contributed by atoms with Gasteiger partial charge in [0.05, 0.1) is 17.6 Å². The number of carbonyl (C=O) groups excluding carboxylic acids is 1. The number of aromatic nitrogens is 1. The average molecular weight is 658 g/mol. The third kappa shape index (κ3) is 12.2. The first-order valence-corrected chi connectivity index (χ1v) is 16.8. The van der Waals surface area contributed by atoms with E-state index in [-0.39, 0.29) is 28.3 Å². The summed E-state index contributed by atoms with van der Waals surface area (Å²) in [4.78, 5) is 13.5. The Balaban J connectivity index is 0.00000616. The van der Waals surface area contributed by atoms with Crippen molar-refractivity contribution < 1.29 is 31.1 Å². The van der Waals surface area contributed by atoms with Crippen LogP contribution in [0.15, 0.2) is 53.4 Å². The molecule has 0 aliphatic rings. The maximum Gasteiger partial charge on any atom is 0.259 e. The first kappa shape index (κ1) is 36.0. The molecule has 0 saturated carbocycles. The van der Waals surface area contributed by atoms with E-state index in [0.29, 0.717) is 12.2 Å². The molecule has 0 unspecified atom stereocenters. The molecule has 0 aliphatic heterocycles. The minimum atomic E-state index is -0.127. The molecule has 0 fully saturated rings. The number of halogens is 1. The molecule has 0 saturated heterocycles. The van der Waals surface area contributed by atoms with Crippen molar-refractivity contribution in [3.05, 3.63) is 75.7 Å². The van der Waals surface area contributed by atoms with E-state index in [9.17, 15) is 4.79 Å². The van der Waals surface area contributed by atoms with Crippen molar-refractivity contribution in [2.75, 3.05) is 11.9 Å². The number of hydrogen-bond acceptors (Lipinski definition) is 3. The smallest absolute Gasteiger partial charge is 0.259 e. The summed E-state index contributed by atoms with van der Waals surface area (Å²) in [6.45, 7) is 12.3. The third-order valence-electron chi connectivity index (χ3n) is 7.73. The highest BCUT2D eigenvalue weighted by atomic mass is 79.9. The molecule has 0 bridgehead atoms. The van der Waals surface area contributed by atoms with Gasteiger partial charge in [0.2, 0.25) is 5.51 Å². The Bertz CT molecular complexity index is 1200. The molecule has 2 aromatic carbocycles. The van der Waals surface area contributed by atoms with Crippen molar-refractivity contribution in [1.82, 2.24) is 0 Å². The average Bonchev–Trinajstić information content (AvgIpc) is 3.34. The second-order valence-corrected chi connectivity index (χ2v) is 13.2. The molecule has 42 heavy (non-hydrogen) atoms. The number of amides is 1. The van der Waals surface area contributed by atoms with E-state index >= 15 is 0 Å². The molecule has 0 aliphatic carbocycles. The zero-order valence-corrected chi connectivity index (χ0v) is 29.0. The number of hydrogen-bond donors (Lipinski definition) is 1. The highest BCUT2D eigenvalue weighted by Gasteiger charge is 2.24. The lowest BCUT2D eigenvalue weighted by Crippen LogP contribution is -3.00. The summed E-state index contributed by atoms with van der Waals surface area (Å²) in [5, 5.41) is 5.28. The Morgan fingerprint density at radius 2 is 1.50 bits per heavy atom. The minimum Gasteiger partial charge on any atom is -1.00 e. The first-order chi connectivity index (χ1) is 19.8. The van der Waals surface area contributed by atoms with E-state index in [1.54, 1.807) is 11.3 Å². The largest absolute Gasteiger partial charge is 1.00 e. The minimum absolute atomic E-state index is 0.